The first-order valence-electron chi connectivity index (χ1n) is 42.1. The number of carbonyl (C=O) groups is 1. The highest BCUT2D eigenvalue weighted by Crippen LogP contribution is 2.30. The molecule has 2 aliphatic rings. The standard InChI is InChI=1S/C83H159NO13/c1-3-5-7-9-11-13-15-17-19-21-23-25-27-29-31-33-34-35-36-37-39-41-43-45-47-49-51-53-55-57-59-61-63-65-67-75(88)84-71(70-94-82-80(93)78(91)81(74(69-86)96-82)97-83-79(92)77(90)76(89)73(68-85)95-83)72(87)66-64-62-60-58-56-54-52-50-48-46-44-42-40-38-32-30-28-26-24-22-20-18-16-14-12-10-8-6-4-2/h56,58,64,66,71-74,76-83,85-87,89-93H,3-55,57,59-63,65,67-70H2,1-2H3,(H,84,88)/b58-56+,66-64+. The zero-order valence-electron chi connectivity index (χ0n) is 63.1. The van der Waals surface area contributed by atoms with Crippen LogP contribution in [-0.2, 0) is 23.7 Å². The number of hydrogen-bond donors (Lipinski definition) is 9. The van der Waals surface area contributed by atoms with Crippen molar-refractivity contribution in [2.45, 2.75) is 479 Å². The van der Waals surface area contributed by atoms with Crippen LogP contribution in [0.4, 0.5) is 0 Å². The first kappa shape index (κ1) is 91.6. The summed E-state index contributed by atoms with van der Waals surface area (Å²) in [6.07, 6.45) is 71.5. The van der Waals surface area contributed by atoms with Crippen LogP contribution in [0.5, 0.6) is 0 Å². The van der Waals surface area contributed by atoms with Gasteiger partial charge in [-0.25, -0.2) is 0 Å². The highest BCUT2D eigenvalue weighted by Gasteiger charge is 2.51. The van der Waals surface area contributed by atoms with E-state index in [9.17, 15) is 45.6 Å². The highest BCUT2D eigenvalue weighted by atomic mass is 16.7. The van der Waals surface area contributed by atoms with Crippen molar-refractivity contribution in [3.63, 3.8) is 0 Å². The van der Waals surface area contributed by atoms with E-state index < -0.39 is 86.8 Å². The average molecular weight is 1380 g/mol. The summed E-state index contributed by atoms with van der Waals surface area (Å²) in [6.45, 7) is 2.86. The van der Waals surface area contributed by atoms with E-state index in [4.69, 9.17) is 18.9 Å². The Morgan fingerprint density at radius 3 is 1.01 bits per heavy atom. The number of allylic oxidation sites excluding steroid dienone is 3. The molecule has 14 heteroatoms. The Balaban J connectivity index is 1.60. The third kappa shape index (κ3) is 50.5. The van der Waals surface area contributed by atoms with Crippen LogP contribution in [0.2, 0.25) is 0 Å². The zero-order valence-corrected chi connectivity index (χ0v) is 63.1. The highest BCUT2D eigenvalue weighted by molar-refractivity contribution is 5.76. The molecule has 2 rings (SSSR count). The maximum absolute atomic E-state index is 13.4. The van der Waals surface area contributed by atoms with Crippen molar-refractivity contribution in [3.8, 4) is 0 Å². The molecular weight excluding hydrogens is 1220 g/mol. The van der Waals surface area contributed by atoms with Gasteiger partial charge in [0, 0.05) is 6.42 Å². The van der Waals surface area contributed by atoms with Crippen LogP contribution in [0.15, 0.2) is 24.3 Å². The van der Waals surface area contributed by atoms with Crippen LogP contribution >= 0.6 is 0 Å². The van der Waals surface area contributed by atoms with E-state index in [1.54, 1.807) is 6.08 Å². The van der Waals surface area contributed by atoms with Crippen molar-refractivity contribution in [2.75, 3.05) is 19.8 Å². The Bertz CT molecular complexity index is 1720. The molecule has 0 saturated carbocycles. The maximum Gasteiger partial charge on any atom is 0.220 e. The molecular formula is C83H159NO13. The number of rotatable bonds is 72. The lowest BCUT2D eigenvalue weighted by molar-refractivity contribution is -0.359. The molecule has 2 aliphatic heterocycles. The SMILES string of the molecule is CCCCCCCCCCCCCCCCCCCCCCCCC/C=C/CC/C=C/C(O)C(COC1OC(CO)C(OC2OC(CO)C(O)C(O)C2O)C(O)C1O)NC(=O)CCCCCCCCCCCCCCCCCCCCCCCCCCCCCCCCCCCC. The number of aliphatic hydroxyl groups excluding tert-OH is 8. The Morgan fingerprint density at radius 2 is 0.660 bits per heavy atom. The monoisotopic (exact) mass is 1380 g/mol. The van der Waals surface area contributed by atoms with Gasteiger partial charge in [-0.3, -0.25) is 4.79 Å². The molecule has 97 heavy (non-hydrogen) atoms. The lowest BCUT2D eigenvalue weighted by Gasteiger charge is -2.46. The quantitative estimate of drug-likeness (QED) is 0.0204. The predicted octanol–water partition coefficient (Wildman–Crippen LogP) is 19.4. The van der Waals surface area contributed by atoms with Gasteiger partial charge in [-0.1, -0.05) is 391 Å². The summed E-state index contributed by atoms with van der Waals surface area (Å²) in [5.41, 5.74) is 0. The van der Waals surface area contributed by atoms with Gasteiger partial charge in [0.2, 0.25) is 5.91 Å². The van der Waals surface area contributed by atoms with Crippen molar-refractivity contribution >= 4 is 5.91 Å². The molecule has 2 saturated heterocycles. The minimum absolute atomic E-state index is 0.239. The average Bonchev–Trinajstić information content (AvgIpc) is 0.794. The predicted molar refractivity (Wildman–Crippen MR) is 402 cm³/mol. The molecule has 1 amide bonds. The Morgan fingerprint density at radius 1 is 0.361 bits per heavy atom. The molecule has 0 aromatic carbocycles. The van der Waals surface area contributed by atoms with Gasteiger partial charge >= 0.3 is 0 Å². The second-order valence-corrected chi connectivity index (χ2v) is 30.0. The number of hydrogen-bond acceptors (Lipinski definition) is 13. The fourth-order valence-electron chi connectivity index (χ4n) is 14.3. The molecule has 12 atom stereocenters. The topological polar surface area (TPSA) is 228 Å². The van der Waals surface area contributed by atoms with Gasteiger partial charge in [-0.15, -0.1) is 0 Å². The van der Waals surface area contributed by atoms with E-state index in [0.29, 0.717) is 12.8 Å². The van der Waals surface area contributed by atoms with E-state index >= 15 is 0 Å². The Kier molecular flexibility index (Phi) is 63.8. The van der Waals surface area contributed by atoms with Crippen LogP contribution < -0.4 is 5.32 Å². The van der Waals surface area contributed by atoms with Crippen molar-refractivity contribution < 1.29 is 64.6 Å². The van der Waals surface area contributed by atoms with E-state index in [1.807, 2.05) is 6.08 Å². The van der Waals surface area contributed by atoms with E-state index in [-0.39, 0.29) is 18.9 Å². The van der Waals surface area contributed by atoms with Crippen LogP contribution in [0, 0.1) is 0 Å². The van der Waals surface area contributed by atoms with Gasteiger partial charge in [-0.2, -0.15) is 0 Å². The molecule has 9 N–H and O–H groups in total. The molecule has 12 unspecified atom stereocenters. The van der Waals surface area contributed by atoms with Gasteiger partial charge in [0.25, 0.3) is 0 Å². The van der Waals surface area contributed by atoms with Gasteiger partial charge < -0.3 is 65.1 Å². The molecule has 0 aromatic rings. The zero-order chi connectivity index (χ0) is 70.1. The van der Waals surface area contributed by atoms with Gasteiger partial charge in [0.05, 0.1) is 32.0 Å². The van der Waals surface area contributed by atoms with Crippen LogP contribution in [0.25, 0.3) is 0 Å². The number of carbonyl (C=O) groups excluding carboxylic acids is 1. The number of unbranched alkanes of at least 4 members (excludes halogenated alkanes) is 57. The van der Waals surface area contributed by atoms with E-state index in [0.717, 1.165) is 32.1 Å². The largest absolute Gasteiger partial charge is 0.394 e. The van der Waals surface area contributed by atoms with Crippen molar-refractivity contribution in [1.82, 2.24) is 5.32 Å². The summed E-state index contributed by atoms with van der Waals surface area (Å²) in [7, 11) is 0. The van der Waals surface area contributed by atoms with Crippen molar-refractivity contribution in [1.29, 1.82) is 0 Å². The minimum atomic E-state index is -1.79. The molecule has 2 fully saturated rings. The maximum atomic E-state index is 13.4. The number of aliphatic hydroxyl groups is 8. The third-order valence-electron chi connectivity index (χ3n) is 20.9. The van der Waals surface area contributed by atoms with Gasteiger partial charge in [-0.05, 0) is 32.1 Å². The molecule has 0 bridgehead atoms. The van der Waals surface area contributed by atoms with Crippen molar-refractivity contribution in [2.24, 2.45) is 0 Å². The second-order valence-electron chi connectivity index (χ2n) is 30.0. The fourth-order valence-corrected chi connectivity index (χ4v) is 14.3. The molecule has 0 aromatic heterocycles. The summed E-state index contributed by atoms with van der Waals surface area (Å²) < 4.78 is 22.9. The number of ether oxygens (including phenoxy) is 4. The smallest absolute Gasteiger partial charge is 0.220 e. The minimum Gasteiger partial charge on any atom is -0.394 e. The van der Waals surface area contributed by atoms with Gasteiger partial charge in [0.1, 0.15) is 48.8 Å². The molecule has 0 spiro atoms. The van der Waals surface area contributed by atoms with Gasteiger partial charge in [0.15, 0.2) is 12.6 Å². The first-order valence-corrected chi connectivity index (χ1v) is 42.1. The van der Waals surface area contributed by atoms with Crippen molar-refractivity contribution in [3.05, 3.63) is 24.3 Å². The third-order valence-corrected chi connectivity index (χ3v) is 20.9. The summed E-state index contributed by atoms with van der Waals surface area (Å²) in [6, 6.07) is -0.931. The molecule has 574 valence electrons. The molecule has 0 aliphatic carbocycles. The lowest BCUT2D eigenvalue weighted by Crippen LogP contribution is -2.65. The number of nitrogens with one attached hydrogen (secondary N) is 1. The van der Waals surface area contributed by atoms with Crippen LogP contribution in [0.1, 0.15) is 406 Å². The fraction of sp³-hybridized carbons (Fsp3) is 0.940. The normalized spacial score (nSPS) is 22.2. The molecule has 2 heterocycles. The summed E-state index contributed by atoms with van der Waals surface area (Å²) >= 11 is 0. The lowest BCUT2D eigenvalue weighted by atomic mass is 9.97. The van der Waals surface area contributed by atoms with E-state index in [2.05, 4.69) is 31.3 Å². The summed E-state index contributed by atoms with van der Waals surface area (Å²) in [4.78, 5) is 13.4. The summed E-state index contributed by atoms with van der Waals surface area (Å²) in [5, 5.41) is 87.7. The Hall–Kier alpha value is -1.53. The summed E-state index contributed by atoms with van der Waals surface area (Å²) in [5.74, 6) is -0.239. The van der Waals surface area contributed by atoms with E-state index in [1.165, 1.54) is 340 Å². The number of amides is 1. The van der Waals surface area contributed by atoms with Crippen LogP contribution in [0.3, 0.4) is 0 Å². The van der Waals surface area contributed by atoms with Crippen LogP contribution in [-0.4, -0.2) is 140 Å². The second kappa shape index (κ2) is 67.6. The molecule has 0 radical (unpaired) electrons. The Labute approximate surface area is 596 Å². The molecule has 14 nitrogen and oxygen atoms in total. The first-order chi connectivity index (χ1) is 47.6.